The Morgan fingerprint density at radius 2 is 1.90 bits per heavy atom. The number of fused-ring (bicyclic) bond motifs is 2. The number of aliphatic hydroxyl groups is 1. The van der Waals surface area contributed by atoms with Gasteiger partial charge in [0.1, 0.15) is 5.58 Å². The lowest BCUT2D eigenvalue weighted by Crippen LogP contribution is -2.60. The number of alkyl halides is 3. The Bertz CT molecular complexity index is 1180. The van der Waals surface area contributed by atoms with Crippen molar-refractivity contribution in [2.45, 2.75) is 43.5 Å². The van der Waals surface area contributed by atoms with Crippen molar-refractivity contribution in [3.05, 3.63) is 65.2 Å². The number of rotatable bonds is 2. The van der Waals surface area contributed by atoms with Crippen LogP contribution in [-0.4, -0.2) is 27.9 Å². The summed E-state index contributed by atoms with van der Waals surface area (Å²) in [7, 11) is 0. The van der Waals surface area contributed by atoms with Crippen molar-refractivity contribution in [1.29, 1.82) is 0 Å². The Kier molecular flexibility index (Phi) is 4.59. The topological polar surface area (TPSA) is 82.7 Å². The van der Waals surface area contributed by atoms with Crippen LogP contribution in [0.3, 0.4) is 0 Å². The molecule has 2 aromatic carbocycles. The van der Waals surface area contributed by atoms with Gasteiger partial charge in [0.25, 0.3) is 5.91 Å². The maximum Gasteiger partial charge on any atom is 0.419 e. The van der Waals surface area contributed by atoms with E-state index in [9.17, 15) is 32.6 Å². The number of halogens is 4. The number of furan rings is 1. The van der Waals surface area contributed by atoms with E-state index in [0.717, 1.165) is 12.1 Å². The Morgan fingerprint density at radius 3 is 2.58 bits per heavy atom. The van der Waals surface area contributed by atoms with Crippen molar-refractivity contribution in [2.24, 2.45) is 0 Å². The van der Waals surface area contributed by atoms with Gasteiger partial charge < -0.3 is 19.9 Å². The molecular weight excluding hydrogens is 418 g/mol. The first kappa shape index (κ1) is 21.2. The van der Waals surface area contributed by atoms with Gasteiger partial charge in [-0.15, -0.1) is 0 Å². The molecule has 0 bridgehead atoms. The van der Waals surface area contributed by atoms with E-state index in [1.54, 1.807) is 6.07 Å². The third-order valence-electron chi connectivity index (χ3n) is 5.82. The van der Waals surface area contributed by atoms with Gasteiger partial charge in [-0.1, -0.05) is 19.9 Å². The van der Waals surface area contributed by atoms with Gasteiger partial charge in [0, 0.05) is 16.5 Å². The molecule has 0 saturated carbocycles. The summed E-state index contributed by atoms with van der Waals surface area (Å²) in [5.41, 5.74) is -4.51. The lowest BCUT2D eigenvalue weighted by atomic mass is 9.63. The van der Waals surface area contributed by atoms with Crippen LogP contribution in [0.25, 0.3) is 11.0 Å². The first-order valence-electron chi connectivity index (χ1n) is 9.44. The smallest absolute Gasteiger partial charge is 0.419 e. The number of phenolic OH excluding ortho intramolecular Hbond substituents is 1. The van der Waals surface area contributed by atoms with Crippen LogP contribution >= 0.6 is 0 Å². The fraction of sp³-hybridized carbons (Fsp3) is 0.318. The van der Waals surface area contributed by atoms with Crippen molar-refractivity contribution in [3.8, 4) is 5.75 Å². The Morgan fingerprint density at radius 1 is 1.19 bits per heavy atom. The molecular formula is C22H19F4NO4. The number of hydrogen-bond acceptors (Lipinski definition) is 4. The maximum atomic E-state index is 14.1. The molecule has 9 heteroatoms. The lowest BCUT2D eigenvalue weighted by molar-refractivity contribution is -0.280. The highest BCUT2D eigenvalue weighted by molar-refractivity contribution is 5.98. The van der Waals surface area contributed by atoms with Crippen LogP contribution < -0.4 is 5.32 Å². The average molecular weight is 437 g/mol. The third kappa shape index (κ3) is 3.23. The van der Waals surface area contributed by atoms with Gasteiger partial charge in [-0.3, -0.25) is 4.79 Å². The van der Waals surface area contributed by atoms with Crippen molar-refractivity contribution in [3.63, 3.8) is 0 Å². The summed E-state index contributed by atoms with van der Waals surface area (Å²) in [6.07, 6.45) is -4.59. The molecule has 0 aliphatic heterocycles. The molecule has 1 heterocycles. The van der Waals surface area contributed by atoms with Gasteiger partial charge in [0.05, 0.1) is 12.3 Å². The highest BCUT2D eigenvalue weighted by Crippen LogP contribution is 2.55. The highest BCUT2D eigenvalue weighted by atomic mass is 19.4. The van der Waals surface area contributed by atoms with E-state index in [2.05, 4.69) is 5.32 Å². The quantitative estimate of drug-likeness (QED) is 0.507. The normalized spacial score (nSPS) is 22.9. The molecule has 31 heavy (non-hydrogen) atoms. The van der Waals surface area contributed by atoms with E-state index in [4.69, 9.17) is 4.42 Å². The van der Waals surface area contributed by atoms with Crippen molar-refractivity contribution >= 4 is 16.9 Å². The molecule has 0 spiro atoms. The molecule has 5 nitrogen and oxygen atoms in total. The molecule has 0 fully saturated rings. The molecule has 0 unspecified atom stereocenters. The minimum atomic E-state index is -5.11. The van der Waals surface area contributed by atoms with E-state index in [0.29, 0.717) is 11.0 Å². The van der Waals surface area contributed by atoms with Crippen LogP contribution in [0.5, 0.6) is 5.75 Å². The zero-order chi connectivity index (χ0) is 22.8. The SMILES string of the molecule is CC1(C)C[C@@](O)(C(F)(F)F)[C@@H](NC(=O)c2ccc3occc3c2)c2ccc(F)c(O)c21. The summed E-state index contributed by atoms with van der Waals surface area (Å²) in [6.45, 7) is 2.74. The van der Waals surface area contributed by atoms with Gasteiger partial charge in [-0.2, -0.15) is 13.2 Å². The summed E-state index contributed by atoms with van der Waals surface area (Å²) in [4.78, 5) is 12.9. The van der Waals surface area contributed by atoms with Crippen LogP contribution in [0, 0.1) is 5.82 Å². The first-order valence-corrected chi connectivity index (χ1v) is 9.44. The standard InChI is InChI=1S/C22H19F4NO4/c1-20(2)10-21(30,22(24,25)26)18(13-4-5-14(23)17(28)16(13)20)27-19(29)12-3-6-15-11(9-12)7-8-31-15/h3-9,18,28,30H,10H2,1-2H3,(H,27,29)/t18-,21-/m0/s1. The minimum Gasteiger partial charge on any atom is -0.505 e. The lowest BCUT2D eigenvalue weighted by Gasteiger charge is -2.48. The monoisotopic (exact) mass is 437 g/mol. The molecule has 1 amide bonds. The number of carbonyl (C=O) groups is 1. The number of carbonyl (C=O) groups excluding carboxylic acids is 1. The molecule has 2 atom stereocenters. The second-order valence-corrected chi connectivity index (χ2v) is 8.42. The molecule has 4 rings (SSSR count). The van der Waals surface area contributed by atoms with E-state index in [1.807, 2.05) is 0 Å². The van der Waals surface area contributed by atoms with E-state index in [-0.39, 0.29) is 16.7 Å². The predicted octanol–water partition coefficient (Wildman–Crippen LogP) is 4.72. The fourth-order valence-corrected chi connectivity index (χ4v) is 4.44. The summed E-state index contributed by atoms with van der Waals surface area (Å²) in [6, 6.07) is 5.81. The zero-order valence-electron chi connectivity index (χ0n) is 16.5. The first-order chi connectivity index (χ1) is 14.3. The van der Waals surface area contributed by atoms with Crippen molar-refractivity contribution in [1.82, 2.24) is 5.32 Å². The van der Waals surface area contributed by atoms with Crippen molar-refractivity contribution < 1.29 is 37.0 Å². The van der Waals surface area contributed by atoms with Crippen LogP contribution in [-0.2, 0) is 5.41 Å². The third-order valence-corrected chi connectivity index (χ3v) is 5.82. The Labute approximate surface area is 174 Å². The summed E-state index contributed by atoms with van der Waals surface area (Å²) < 4.78 is 61.4. The summed E-state index contributed by atoms with van der Waals surface area (Å²) in [5.74, 6) is -2.67. The molecule has 3 aromatic rings. The fourth-order valence-electron chi connectivity index (χ4n) is 4.44. The van der Waals surface area contributed by atoms with Gasteiger partial charge in [-0.25, -0.2) is 4.39 Å². The highest BCUT2D eigenvalue weighted by Gasteiger charge is 2.64. The van der Waals surface area contributed by atoms with Gasteiger partial charge in [0.15, 0.2) is 17.2 Å². The van der Waals surface area contributed by atoms with Crippen LogP contribution in [0.15, 0.2) is 47.1 Å². The Balaban J connectivity index is 1.84. The zero-order valence-corrected chi connectivity index (χ0v) is 16.5. The van der Waals surface area contributed by atoms with Crippen LogP contribution in [0.4, 0.5) is 17.6 Å². The molecule has 1 aromatic heterocycles. The molecule has 1 aliphatic rings. The van der Waals surface area contributed by atoms with Gasteiger partial charge >= 0.3 is 6.18 Å². The molecule has 3 N–H and O–H groups in total. The molecule has 164 valence electrons. The second kappa shape index (κ2) is 6.71. The van der Waals surface area contributed by atoms with Crippen molar-refractivity contribution in [2.75, 3.05) is 0 Å². The Hall–Kier alpha value is -3.07. The maximum absolute atomic E-state index is 14.1. The van der Waals surface area contributed by atoms with Gasteiger partial charge in [-0.05, 0) is 47.7 Å². The molecule has 1 aliphatic carbocycles. The number of hydrogen-bond donors (Lipinski definition) is 3. The van der Waals surface area contributed by atoms with Gasteiger partial charge in [0.2, 0.25) is 0 Å². The number of amides is 1. The largest absolute Gasteiger partial charge is 0.505 e. The number of phenols is 1. The van der Waals surface area contributed by atoms with E-state index < -0.39 is 47.1 Å². The number of benzene rings is 2. The summed E-state index contributed by atoms with van der Waals surface area (Å²) in [5, 5.41) is 23.9. The predicted molar refractivity (Wildman–Crippen MR) is 103 cm³/mol. The number of nitrogens with one attached hydrogen (secondary N) is 1. The molecule has 0 radical (unpaired) electrons. The second-order valence-electron chi connectivity index (χ2n) is 8.42. The minimum absolute atomic E-state index is 0.0520. The van der Waals surface area contributed by atoms with Crippen LogP contribution in [0.1, 0.15) is 47.8 Å². The van der Waals surface area contributed by atoms with E-state index >= 15 is 0 Å². The summed E-state index contributed by atoms with van der Waals surface area (Å²) >= 11 is 0. The average Bonchev–Trinajstić information content (AvgIpc) is 3.13. The van der Waals surface area contributed by atoms with Crippen LogP contribution in [0.2, 0.25) is 0 Å². The van der Waals surface area contributed by atoms with E-state index in [1.165, 1.54) is 38.3 Å². The molecule has 0 saturated heterocycles. The number of aromatic hydroxyl groups is 1.